The van der Waals surface area contributed by atoms with Crippen LogP contribution in [0.2, 0.25) is 0 Å². The first-order chi connectivity index (χ1) is 10.2. The minimum atomic E-state index is -0.178. The Kier molecular flexibility index (Phi) is 4.06. The third kappa shape index (κ3) is 3.33. The Morgan fingerprint density at radius 3 is 3.14 bits per heavy atom. The number of aryl methyl sites for hydroxylation is 1. The van der Waals surface area contributed by atoms with E-state index in [4.69, 9.17) is 4.74 Å². The molecule has 2 N–H and O–H groups in total. The standard InChI is InChI=1S/C15H17N3O2S/c1-10-17-11(9-21-10)8-16-15(19)18-13-6-7-20-14-5-3-2-4-12(13)14/h2-5,9,13H,6-8H2,1H3,(H2,16,18,19)/t13-/m1/s1. The monoisotopic (exact) mass is 303 g/mol. The summed E-state index contributed by atoms with van der Waals surface area (Å²) in [5, 5.41) is 8.80. The number of fused-ring (bicyclic) bond motifs is 1. The average Bonchev–Trinajstić information content (AvgIpc) is 2.91. The molecule has 1 aromatic heterocycles. The Morgan fingerprint density at radius 2 is 2.33 bits per heavy atom. The highest BCUT2D eigenvalue weighted by Crippen LogP contribution is 2.31. The second-order valence-corrected chi connectivity index (χ2v) is 5.97. The Morgan fingerprint density at radius 1 is 1.48 bits per heavy atom. The molecule has 2 heterocycles. The first-order valence-electron chi connectivity index (χ1n) is 6.89. The van der Waals surface area contributed by atoms with Crippen LogP contribution in [0.4, 0.5) is 4.79 Å². The van der Waals surface area contributed by atoms with Crippen molar-refractivity contribution in [2.75, 3.05) is 6.61 Å². The Bertz CT molecular complexity index is 641. The molecule has 0 saturated heterocycles. The third-order valence-corrected chi connectivity index (χ3v) is 4.18. The molecule has 0 bridgehead atoms. The first kappa shape index (κ1) is 13.9. The van der Waals surface area contributed by atoms with E-state index in [9.17, 15) is 4.79 Å². The van der Waals surface area contributed by atoms with Crippen LogP contribution in [0.25, 0.3) is 0 Å². The quantitative estimate of drug-likeness (QED) is 0.916. The van der Waals surface area contributed by atoms with Crippen LogP contribution < -0.4 is 15.4 Å². The van der Waals surface area contributed by atoms with Crippen molar-refractivity contribution in [2.45, 2.75) is 25.9 Å². The topological polar surface area (TPSA) is 63.2 Å². The van der Waals surface area contributed by atoms with E-state index in [0.29, 0.717) is 13.2 Å². The van der Waals surface area contributed by atoms with Crippen LogP contribution >= 0.6 is 11.3 Å². The van der Waals surface area contributed by atoms with Gasteiger partial charge in [0.1, 0.15) is 5.75 Å². The van der Waals surface area contributed by atoms with E-state index in [1.54, 1.807) is 11.3 Å². The predicted molar refractivity (Wildman–Crippen MR) is 81.5 cm³/mol. The van der Waals surface area contributed by atoms with Gasteiger partial charge in [0.25, 0.3) is 0 Å². The number of hydrogen-bond acceptors (Lipinski definition) is 4. The number of urea groups is 1. The van der Waals surface area contributed by atoms with E-state index in [0.717, 1.165) is 28.4 Å². The van der Waals surface area contributed by atoms with Gasteiger partial charge in [0, 0.05) is 17.4 Å². The van der Waals surface area contributed by atoms with Crippen molar-refractivity contribution in [1.29, 1.82) is 0 Å². The molecule has 1 atom stereocenters. The van der Waals surface area contributed by atoms with Gasteiger partial charge >= 0.3 is 6.03 Å². The summed E-state index contributed by atoms with van der Waals surface area (Å²) >= 11 is 1.58. The summed E-state index contributed by atoms with van der Waals surface area (Å²) in [6.07, 6.45) is 0.778. The number of carbonyl (C=O) groups excluding carboxylic acids is 1. The van der Waals surface area contributed by atoms with Crippen LogP contribution in [0.15, 0.2) is 29.6 Å². The molecule has 5 nitrogen and oxygen atoms in total. The molecule has 3 rings (SSSR count). The minimum absolute atomic E-state index is 0.00730. The lowest BCUT2D eigenvalue weighted by Crippen LogP contribution is -2.39. The highest BCUT2D eigenvalue weighted by molar-refractivity contribution is 7.09. The maximum Gasteiger partial charge on any atom is 0.315 e. The van der Waals surface area contributed by atoms with Crippen molar-refractivity contribution in [2.24, 2.45) is 0 Å². The zero-order valence-corrected chi connectivity index (χ0v) is 12.6. The summed E-state index contributed by atoms with van der Waals surface area (Å²) in [7, 11) is 0. The molecule has 1 aromatic carbocycles. The van der Waals surface area contributed by atoms with Gasteiger partial charge in [0.2, 0.25) is 0 Å². The number of hydrogen-bond donors (Lipinski definition) is 2. The number of benzene rings is 1. The SMILES string of the molecule is Cc1nc(CNC(=O)N[C@@H]2CCOc3ccccc32)cs1. The van der Waals surface area contributed by atoms with Crippen molar-refractivity contribution < 1.29 is 9.53 Å². The van der Waals surface area contributed by atoms with Crippen molar-refractivity contribution in [3.05, 3.63) is 45.9 Å². The van der Waals surface area contributed by atoms with Crippen molar-refractivity contribution in [3.63, 3.8) is 0 Å². The fraction of sp³-hybridized carbons (Fsp3) is 0.333. The van der Waals surface area contributed by atoms with Gasteiger partial charge in [-0.05, 0) is 13.0 Å². The van der Waals surface area contributed by atoms with Crippen LogP contribution in [0.5, 0.6) is 5.75 Å². The molecular weight excluding hydrogens is 286 g/mol. The predicted octanol–water partition coefficient (Wildman–Crippen LogP) is 2.77. The second kappa shape index (κ2) is 6.13. The van der Waals surface area contributed by atoms with E-state index in [-0.39, 0.29) is 12.1 Å². The molecular formula is C15H17N3O2S. The minimum Gasteiger partial charge on any atom is -0.493 e. The lowest BCUT2D eigenvalue weighted by Gasteiger charge is -2.26. The number of ether oxygens (including phenoxy) is 1. The smallest absolute Gasteiger partial charge is 0.315 e. The number of amides is 2. The van der Waals surface area contributed by atoms with Gasteiger partial charge in [-0.15, -0.1) is 11.3 Å². The largest absolute Gasteiger partial charge is 0.493 e. The summed E-state index contributed by atoms with van der Waals surface area (Å²) in [5.74, 6) is 0.851. The fourth-order valence-electron chi connectivity index (χ4n) is 2.36. The number of nitrogens with one attached hydrogen (secondary N) is 2. The van der Waals surface area contributed by atoms with Gasteiger partial charge < -0.3 is 15.4 Å². The van der Waals surface area contributed by atoms with Crippen LogP contribution in [0.3, 0.4) is 0 Å². The van der Waals surface area contributed by atoms with Crippen molar-refractivity contribution >= 4 is 17.4 Å². The van der Waals surface area contributed by atoms with Crippen molar-refractivity contribution in [3.8, 4) is 5.75 Å². The molecule has 2 amide bonds. The lowest BCUT2D eigenvalue weighted by atomic mass is 10.0. The maximum absolute atomic E-state index is 12.0. The molecule has 1 aliphatic heterocycles. The van der Waals surface area contributed by atoms with Gasteiger partial charge in [0.05, 0.1) is 29.9 Å². The summed E-state index contributed by atoms with van der Waals surface area (Å²) in [4.78, 5) is 16.3. The maximum atomic E-state index is 12.0. The fourth-order valence-corrected chi connectivity index (χ4v) is 2.97. The van der Waals surface area contributed by atoms with Crippen LogP contribution in [-0.2, 0) is 6.54 Å². The summed E-state index contributed by atoms with van der Waals surface area (Å²) in [6, 6.07) is 7.63. The zero-order valence-electron chi connectivity index (χ0n) is 11.8. The van der Waals surface area contributed by atoms with Crippen LogP contribution in [-0.4, -0.2) is 17.6 Å². The number of nitrogens with zero attached hydrogens (tertiary/aromatic N) is 1. The van der Waals surface area contributed by atoms with E-state index in [2.05, 4.69) is 15.6 Å². The van der Waals surface area contributed by atoms with Gasteiger partial charge in [-0.2, -0.15) is 0 Å². The molecule has 6 heteroatoms. The van der Waals surface area contributed by atoms with Gasteiger partial charge in [-0.1, -0.05) is 18.2 Å². The zero-order chi connectivity index (χ0) is 14.7. The normalized spacial score (nSPS) is 16.7. The number of para-hydroxylation sites is 1. The van der Waals surface area contributed by atoms with Gasteiger partial charge in [-0.25, -0.2) is 9.78 Å². The van der Waals surface area contributed by atoms with Gasteiger partial charge in [0.15, 0.2) is 0 Å². The molecule has 0 spiro atoms. The third-order valence-electron chi connectivity index (χ3n) is 3.36. The Balaban J connectivity index is 1.58. The molecule has 0 radical (unpaired) electrons. The van der Waals surface area contributed by atoms with E-state index < -0.39 is 0 Å². The highest BCUT2D eigenvalue weighted by atomic mass is 32.1. The van der Waals surface area contributed by atoms with Crippen LogP contribution in [0.1, 0.15) is 28.7 Å². The molecule has 0 unspecified atom stereocenters. The summed E-state index contributed by atoms with van der Waals surface area (Å²) in [6.45, 7) is 3.02. The molecule has 0 aliphatic carbocycles. The second-order valence-electron chi connectivity index (χ2n) is 4.91. The average molecular weight is 303 g/mol. The van der Waals surface area contributed by atoms with E-state index in [1.165, 1.54) is 0 Å². The van der Waals surface area contributed by atoms with E-state index in [1.807, 2.05) is 36.6 Å². The highest BCUT2D eigenvalue weighted by Gasteiger charge is 2.22. The molecule has 0 fully saturated rings. The van der Waals surface area contributed by atoms with Crippen molar-refractivity contribution in [1.82, 2.24) is 15.6 Å². The lowest BCUT2D eigenvalue weighted by molar-refractivity contribution is 0.223. The van der Waals surface area contributed by atoms with E-state index >= 15 is 0 Å². The Hall–Kier alpha value is -2.08. The molecule has 0 saturated carbocycles. The number of aromatic nitrogens is 1. The molecule has 21 heavy (non-hydrogen) atoms. The molecule has 2 aromatic rings. The summed E-state index contributed by atoms with van der Waals surface area (Å²) < 4.78 is 5.59. The Labute approximate surface area is 127 Å². The number of thiazole rings is 1. The van der Waals surface area contributed by atoms with Crippen LogP contribution in [0, 0.1) is 6.92 Å². The molecule has 110 valence electrons. The number of rotatable bonds is 3. The summed E-state index contributed by atoms with van der Waals surface area (Å²) in [5.41, 5.74) is 1.92. The number of carbonyl (C=O) groups is 1. The van der Waals surface area contributed by atoms with Gasteiger partial charge in [-0.3, -0.25) is 0 Å². The first-order valence-corrected chi connectivity index (χ1v) is 7.77. The molecule has 1 aliphatic rings.